The molecule has 0 aliphatic heterocycles. The van der Waals surface area contributed by atoms with E-state index in [0.717, 1.165) is 11.4 Å². The van der Waals surface area contributed by atoms with Crippen LogP contribution in [0, 0.1) is 0 Å². The highest BCUT2D eigenvalue weighted by Crippen LogP contribution is 2.29. The summed E-state index contributed by atoms with van der Waals surface area (Å²) in [6.45, 7) is 0.427. The lowest BCUT2D eigenvalue weighted by Gasteiger charge is -2.19. The Morgan fingerprint density at radius 3 is 2.77 bits per heavy atom. The summed E-state index contributed by atoms with van der Waals surface area (Å²) in [4.78, 5) is 1.87. The van der Waals surface area contributed by atoms with Crippen LogP contribution in [0.5, 0.6) is 5.75 Å². The SMILES string of the molecule is COc1ccc(Cl)cc1N(C)CN. The Bertz CT molecular complexity index is 291. The molecule has 2 N–H and O–H groups in total. The maximum atomic E-state index is 5.85. The van der Waals surface area contributed by atoms with E-state index in [-0.39, 0.29) is 0 Å². The zero-order chi connectivity index (χ0) is 9.84. The zero-order valence-corrected chi connectivity index (χ0v) is 8.51. The van der Waals surface area contributed by atoms with Gasteiger partial charge in [0.05, 0.1) is 19.5 Å². The first-order valence-corrected chi connectivity index (χ1v) is 4.31. The molecule has 0 heterocycles. The number of rotatable bonds is 3. The van der Waals surface area contributed by atoms with Crippen molar-refractivity contribution in [2.45, 2.75) is 0 Å². The fourth-order valence-electron chi connectivity index (χ4n) is 1.06. The van der Waals surface area contributed by atoms with Gasteiger partial charge in [-0.2, -0.15) is 0 Å². The highest BCUT2D eigenvalue weighted by atomic mass is 35.5. The van der Waals surface area contributed by atoms with Gasteiger partial charge in [-0.15, -0.1) is 0 Å². The Morgan fingerprint density at radius 1 is 1.54 bits per heavy atom. The van der Waals surface area contributed by atoms with Crippen LogP contribution in [0.1, 0.15) is 0 Å². The molecule has 3 nitrogen and oxygen atoms in total. The van der Waals surface area contributed by atoms with Crippen molar-refractivity contribution in [2.24, 2.45) is 5.73 Å². The lowest BCUT2D eigenvalue weighted by Crippen LogP contribution is -2.25. The van der Waals surface area contributed by atoms with Crippen molar-refractivity contribution < 1.29 is 4.74 Å². The molecule has 1 aromatic rings. The van der Waals surface area contributed by atoms with E-state index in [1.165, 1.54) is 0 Å². The minimum atomic E-state index is 0.427. The third kappa shape index (κ3) is 2.26. The first-order chi connectivity index (χ1) is 6.19. The summed E-state index contributed by atoms with van der Waals surface area (Å²) >= 11 is 5.85. The molecule has 0 aromatic heterocycles. The van der Waals surface area contributed by atoms with E-state index in [0.29, 0.717) is 11.7 Å². The summed E-state index contributed by atoms with van der Waals surface area (Å²) in [5.41, 5.74) is 6.41. The highest BCUT2D eigenvalue weighted by Gasteiger charge is 2.06. The number of nitrogens with two attached hydrogens (primary N) is 1. The monoisotopic (exact) mass is 200 g/mol. The van der Waals surface area contributed by atoms with Crippen LogP contribution in [0.25, 0.3) is 0 Å². The Labute approximate surface area is 83.0 Å². The van der Waals surface area contributed by atoms with Crippen LogP contribution < -0.4 is 15.4 Å². The molecule has 0 amide bonds. The number of ether oxygens (including phenoxy) is 1. The summed E-state index contributed by atoms with van der Waals surface area (Å²) in [6.07, 6.45) is 0. The number of hydrogen-bond acceptors (Lipinski definition) is 3. The second-order valence-electron chi connectivity index (χ2n) is 2.70. The molecule has 0 aliphatic rings. The van der Waals surface area contributed by atoms with Gasteiger partial charge < -0.3 is 15.4 Å². The Balaban J connectivity index is 3.07. The van der Waals surface area contributed by atoms with Crippen molar-refractivity contribution in [1.82, 2.24) is 0 Å². The van der Waals surface area contributed by atoms with E-state index in [1.807, 2.05) is 24.1 Å². The zero-order valence-electron chi connectivity index (χ0n) is 7.75. The molecule has 0 fully saturated rings. The molecule has 0 radical (unpaired) electrons. The number of methoxy groups -OCH3 is 1. The predicted molar refractivity (Wildman–Crippen MR) is 55.5 cm³/mol. The van der Waals surface area contributed by atoms with E-state index in [2.05, 4.69) is 0 Å². The molecular formula is C9H13ClN2O. The van der Waals surface area contributed by atoms with Gasteiger partial charge in [-0.3, -0.25) is 0 Å². The Morgan fingerprint density at radius 2 is 2.23 bits per heavy atom. The van der Waals surface area contributed by atoms with Crippen LogP contribution in [-0.4, -0.2) is 20.8 Å². The molecule has 4 heteroatoms. The van der Waals surface area contributed by atoms with Crippen LogP contribution in [0.2, 0.25) is 5.02 Å². The van der Waals surface area contributed by atoms with Gasteiger partial charge in [0, 0.05) is 12.1 Å². The number of hydrogen-bond donors (Lipinski definition) is 1. The molecule has 0 saturated carbocycles. The van der Waals surface area contributed by atoms with E-state index in [9.17, 15) is 0 Å². The summed E-state index contributed by atoms with van der Waals surface area (Å²) in [5, 5.41) is 0.677. The lowest BCUT2D eigenvalue weighted by molar-refractivity contribution is 0.415. The van der Waals surface area contributed by atoms with Crippen LogP contribution in [-0.2, 0) is 0 Å². The first kappa shape index (κ1) is 10.2. The molecule has 0 aliphatic carbocycles. The Kier molecular flexibility index (Phi) is 3.39. The quantitative estimate of drug-likeness (QED) is 0.755. The highest BCUT2D eigenvalue weighted by molar-refractivity contribution is 6.30. The third-order valence-corrected chi connectivity index (χ3v) is 2.06. The summed E-state index contributed by atoms with van der Waals surface area (Å²) in [6, 6.07) is 5.44. The molecule has 1 rings (SSSR count). The van der Waals surface area contributed by atoms with Gasteiger partial charge in [-0.05, 0) is 18.2 Å². The van der Waals surface area contributed by atoms with Crippen molar-refractivity contribution >= 4 is 17.3 Å². The van der Waals surface area contributed by atoms with Gasteiger partial charge >= 0.3 is 0 Å². The Hall–Kier alpha value is -0.930. The van der Waals surface area contributed by atoms with Gasteiger partial charge in [0.2, 0.25) is 0 Å². The van der Waals surface area contributed by atoms with Crippen molar-refractivity contribution in [2.75, 3.05) is 25.7 Å². The maximum absolute atomic E-state index is 5.85. The van der Waals surface area contributed by atoms with Crippen LogP contribution in [0.3, 0.4) is 0 Å². The van der Waals surface area contributed by atoms with Crippen molar-refractivity contribution in [3.63, 3.8) is 0 Å². The molecule has 0 bridgehead atoms. The average molecular weight is 201 g/mol. The van der Waals surface area contributed by atoms with Crippen LogP contribution in [0.4, 0.5) is 5.69 Å². The van der Waals surface area contributed by atoms with Gasteiger partial charge in [0.25, 0.3) is 0 Å². The number of nitrogens with zero attached hydrogens (tertiary/aromatic N) is 1. The fourth-order valence-corrected chi connectivity index (χ4v) is 1.23. The van der Waals surface area contributed by atoms with Gasteiger partial charge in [-0.1, -0.05) is 11.6 Å². The topological polar surface area (TPSA) is 38.5 Å². The van der Waals surface area contributed by atoms with E-state index >= 15 is 0 Å². The molecule has 0 spiro atoms. The second kappa shape index (κ2) is 4.35. The average Bonchev–Trinajstić information content (AvgIpc) is 2.16. The molecule has 72 valence electrons. The summed E-state index contributed by atoms with van der Waals surface area (Å²) in [7, 11) is 3.51. The van der Waals surface area contributed by atoms with Gasteiger partial charge in [0.15, 0.2) is 0 Å². The van der Waals surface area contributed by atoms with Crippen LogP contribution >= 0.6 is 11.6 Å². The molecule has 13 heavy (non-hydrogen) atoms. The molecule has 0 unspecified atom stereocenters. The summed E-state index contributed by atoms with van der Waals surface area (Å²) < 4.78 is 5.17. The second-order valence-corrected chi connectivity index (χ2v) is 3.13. The number of anilines is 1. The largest absolute Gasteiger partial charge is 0.495 e. The van der Waals surface area contributed by atoms with E-state index in [1.54, 1.807) is 13.2 Å². The molecular weight excluding hydrogens is 188 g/mol. The first-order valence-electron chi connectivity index (χ1n) is 3.93. The van der Waals surface area contributed by atoms with Gasteiger partial charge in [-0.25, -0.2) is 0 Å². The maximum Gasteiger partial charge on any atom is 0.142 e. The lowest BCUT2D eigenvalue weighted by atomic mass is 10.3. The van der Waals surface area contributed by atoms with Gasteiger partial charge in [0.1, 0.15) is 5.75 Å². The van der Waals surface area contributed by atoms with Crippen molar-refractivity contribution in [3.05, 3.63) is 23.2 Å². The van der Waals surface area contributed by atoms with E-state index in [4.69, 9.17) is 22.1 Å². The number of benzene rings is 1. The molecule has 1 aromatic carbocycles. The fraction of sp³-hybridized carbons (Fsp3) is 0.333. The van der Waals surface area contributed by atoms with E-state index < -0.39 is 0 Å². The van der Waals surface area contributed by atoms with Crippen molar-refractivity contribution in [1.29, 1.82) is 0 Å². The smallest absolute Gasteiger partial charge is 0.142 e. The number of halogens is 1. The predicted octanol–water partition coefficient (Wildman–Crippen LogP) is 1.70. The standard InChI is InChI=1S/C9H13ClN2O/c1-12(6-11)8-5-7(10)3-4-9(8)13-2/h3-5H,6,11H2,1-2H3. The molecule has 0 atom stereocenters. The molecule has 0 saturated heterocycles. The minimum absolute atomic E-state index is 0.427. The van der Waals surface area contributed by atoms with Crippen molar-refractivity contribution in [3.8, 4) is 5.75 Å². The summed E-state index contributed by atoms with van der Waals surface area (Å²) in [5.74, 6) is 0.775. The normalized spacial score (nSPS) is 9.85. The third-order valence-electron chi connectivity index (χ3n) is 1.83. The van der Waals surface area contributed by atoms with Crippen LogP contribution in [0.15, 0.2) is 18.2 Å². The minimum Gasteiger partial charge on any atom is -0.495 e.